The van der Waals surface area contributed by atoms with Crippen molar-refractivity contribution >= 4 is 34.2 Å². The number of halogens is 1. The van der Waals surface area contributed by atoms with Crippen molar-refractivity contribution in [1.82, 2.24) is 14.5 Å². The molecule has 0 fully saturated rings. The SMILES string of the molecule is CN(C)Cc1nc2ccccc2n1CC(=O)Nc1ccc(Cl)cc1. The van der Waals surface area contributed by atoms with E-state index in [9.17, 15) is 4.79 Å². The van der Waals surface area contributed by atoms with Crippen molar-refractivity contribution < 1.29 is 4.79 Å². The van der Waals surface area contributed by atoms with E-state index in [2.05, 4.69) is 10.3 Å². The number of benzene rings is 2. The Kier molecular flexibility index (Phi) is 4.83. The van der Waals surface area contributed by atoms with E-state index in [1.54, 1.807) is 24.3 Å². The summed E-state index contributed by atoms with van der Waals surface area (Å²) in [5.41, 5.74) is 2.58. The fourth-order valence-corrected chi connectivity index (χ4v) is 2.71. The Bertz CT molecular complexity index is 855. The van der Waals surface area contributed by atoms with Crippen LogP contribution in [0.15, 0.2) is 48.5 Å². The lowest BCUT2D eigenvalue weighted by Gasteiger charge is -2.13. The number of nitrogens with one attached hydrogen (secondary N) is 1. The third kappa shape index (κ3) is 3.75. The van der Waals surface area contributed by atoms with Crippen molar-refractivity contribution in [2.45, 2.75) is 13.1 Å². The Morgan fingerprint density at radius 1 is 1.17 bits per heavy atom. The second-order valence-electron chi connectivity index (χ2n) is 5.90. The molecule has 6 heteroatoms. The number of amides is 1. The van der Waals surface area contributed by atoms with E-state index in [1.807, 2.05) is 47.8 Å². The summed E-state index contributed by atoms with van der Waals surface area (Å²) >= 11 is 5.87. The third-order valence-corrected chi connectivity index (χ3v) is 3.87. The van der Waals surface area contributed by atoms with E-state index < -0.39 is 0 Å². The summed E-state index contributed by atoms with van der Waals surface area (Å²) in [5, 5.41) is 3.53. The summed E-state index contributed by atoms with van der Waals surface area (Å²) in [7, 11) is 3.97. The first-order valence-electron chi connectivity index (χ1n) is 7.67. The molecule has 3 aromatic rings. The standard InChI is InChI=1S/C18H19ClN4O/c1-22(2)11-17-21-15-5-3-4-6-16(15)23(17)12-18(24)20-14-9-7-13(19)8-10-14/h3-10H,11-12H2,1-2H3,(H,20,24). The van der Waals surface area contributed by atoms with Crippen molar-refractivity contribution in [3.05, 3.63) is 59.4 Å². The van der Waals surface area contributed by atoms with Crippen molar-refractivity contribution in [2.24, 2.45) is 0 Å². The van der Waals surface area contributed by atoms with Gasteiger partial charge in [-0.05, 0) is 50.5 Å². The molecule has 0 aliphatic rings. The fraction of sp³-hybridized carbons (Fsp3) is 0.222. The molecule has 0 aliphatic carbocycles. The number of anilines is 1. The van der Waals surface area contributed by atoms with E-state index >= 15 is 0 Å². The zero-order valence-electron chi connectivity index (χ0n) is 13.7. The molecule has 24 heavy (non-hydrogen) atoms. The maximum atomic E-state index is 12.4. The number of para-hydroxylation sites is 2. The highest BCUT2D eigenvalue weighted by atomic mass is 35.5. The average molecular weight is 343 g/mol. The molecule has 1 aromatic heterocycles. The highest BCUT2D eigenvalue weighted by Gasteiger charge is 2.14. The van der Waals surface area contributed by atoms with Gasteiger partial charge in [0, 0.05) is 10.7 Å². The van der Waals surface area contributed by atoms with E-state index in [-0.39, 0.29) is 12.5 Å². The van der Waals surface area contributed by atoms with Crippen molar-refractivity contribution in [1.29, 1.82) is 0 Å². The van der Waals surface area contributed by atoms with Gasteiger partial charge in [-0.25, -0.2) is 4.98 Å². The number of nitrogens with zero attached hydrogens (tertiary/aromatic N) is 3. The summed E-state index contributed by atoms with van der Waals surface area (Å²) in [6.07, 6.45) is 0. The number of hydrogen-bond donors (Lipinski definition) is 1. The molecule has 0 spiro atoms. The normalized spacial score (nSPS) is 11.2. The Balaban J connectivity index is 1.85. The molecule has 0 radical (unpaired) electrons. The largest absolute Gasteiger partial charge is 0.325 e. The van der Waals surface area contributed by atoms with Crippen LogP contribution in [0.4, 0.5) is 5.69 Å². The summed E-state index contributed by atoms with van der Waals surface area (Å²) in [6, 6.07) is 14.9. The molecule has 0 atom stereocenters. The summed E-state index contributed by atoms with van der Waals surface area (Å²) in [5.74, 6) is 0.771. The van der Waals surface area contributed by atoms with Crippen LogP contribution in [-0.4, -0.2) is 34.5 Å². The monoisotopic (exact) mass is 342 g/mol. The van der Waals surface area contributed by atoms with Crippen LogP contribution < -0.4 is 5.32 Å². The Labute approximate surface area is 145 Å². The number of rotatable bonds is 5. The Morgan fingerprint density at radius 2 is 1.88 bits per heavy atom. The molecule has 0 unspecified atom stereocenters. The molecule has 0 saturated heterocycles. The third-order valence-electron chi connectivity index (χ3n) is 3.62. The first kappa shape index (κ1) is 16.5. The van der Waals surface area contributed by atoms with Crippen LogP contribution >= 0.6 is 11.6 Å². The van der Waals surface area contributed by atoms with Gasteiger partial charge in [0.15, 0.2) is 0 Å². The maximum Gasteiger partial charge on any atom is 0.244 e. The van der Waals surface area contributed by atoms with Crippen LogP contribution in [0.3, 0.4) is 0 Å². The zero-order valence-corrected chi connectivity index (χ0v) is 14.4. The molecule has 0 bridgehead atoms. The van der Waals surface area contributed by atoms with E-state index in [4.69, 9.17) is 11.6 Å². The molecule has 1 amide bonds. The fourth-order valence-electron chi connectivity index (χ4n) is 2.58. The van der Waals surface area contributed by atoms with Gasteiger partial charge in [0.1, 0.15) is 12.4 Å². The van der Waals surface area contributed by atoms with Gasteiger partial charge in [0.2, 0.25) is 5.91 Å². The van der Waals surface area contributed by atoms with Crippen molar-refractivity contribution in [2.75, 3.05) is 19.4 Å². The first-order valence-corrected chi connectivity index (χ1v) is 8.05. The van der Waals surface area contributed by atoms with Crippen molar-refractivity contribution in [3.8, 4) is 0 Å². The van der Waals surface area contributed by atoms with Gasteiger partial charge in [-0.15, -0.1) is 0 Å². The minimum absolute atomic E-state index is 0.0968. The quantitative estimate of drug-likeness (QED) is 0.773. The topological polar surface area (TPSA) is 50.2 Å². The number of carbonyl (C=O) groups is 1. The molecule has 0 aliphatic heterocycles. The lowest BCUT2D eigenvalue weighted by Crippen LogP contribution is -2.22. The van der Waals surface area contributed by atoms with Crippen LogP contribution in [0.1, 0.15) is 5.82 Å². The second-order valence-corrected chi connectivity index (χ2v) is 6.33. The van der Waals surface area contributed by atoms with Crippen molar-refractivity contribution in [3.63, 3.8) is 0 Å². The number of imidazole rings is 1. The molecule has 2 aromatic carbocycles. The number of hydrogen-bond acceptors (Lipinski definition) is 3. The minimum Gasteiger partial charge on any atom is -0.325 e. The van der Waals surface area contributed by atoms with E-state index in [1.165, 1.54) is 0 Å². The van der Waals surface area contributed by atoms with Crippen LogP contribution in [0.2, 0.25) is 5.02 Å². The van der Waals surface area contributed by atoms with Crippen LogP contribution in [0.25, 0.3) is 11.0 Å². The van der Waals surface area contributed by atoms with Crippen LogP contribution in [0, 0.1) is 0 Å². The second kappa shape index (κ2) is 7.03. The Hall–Kier alpha value is -2.37. The highest BCUT2D eigenvalue weighted by molar-refractivity contribution is 6.30. The summed E-state index contributed by atoms with van der Waals surface area (Å²) in [4.78, 5) is 19.1. The van der Waals surface area contributed by atoms with Gasteiger partial charge in [-0.3, -0.25) is 4.79 Å². The van der Waals surface area contributed by atoms with E-state index in [0.717, 1.165) is 22.5 Å². The molecule has 5 nitrogen and oxygen atoms in total. The summed E-state index contributed by atoms with van der Waals surface area (Å²) in [6.45, 7) is 0.884. The first-order chi connectivity index (χ1) is 11.5. The predicted molar refractivity (Wildman–Crippen MR) is 97.2 cm³/mol. The number of aromatic nitrogens is 2. The van der Waals surface area contributed by atoms with Crippen LogP contribution in [0.5, 0.6) is 0 Å². The average Bonchev–Trinajstić information content (AvgIpc) is 2.86. The smallest absolute Gasteiger partial charge is 0.244 e. The molecule has 3 rings (SSSR count). The molecular formula is C18H19ClN4O. The van der Waals surface area contributed by atoms with Gasteiger partial charge < -0.3 is 14.8 Å². The maximum absolute atomic E-state index is 12.4. The lowest BCUT2D eigenvalue weighted by molar-refractivity contribution is -0.116. The molecule has 0 saturated carbocycles. The lowest BCUT2D eigenvalue weighted by atomic mass is 10.3. The highest BCUT2D eigenvalue weighted by Crippen LogP contribution is 2.18. The van der Waals surface area contributed by atoms with E-state index in [0.29, 0.717) is 11.6 Å². The van der Waals surface area contributed by atoms with Gasteiger partial charge in [-0.1, -0.05) is 23.7 Å². The molecule has 1 N–H and O–H groups in total. The number of carbonyl (C=O) groups excluding carboxylic acids is 1. The molecule has 1 heterocycles. The Morgan fingerprint density at radius 3 is 2.58 bits per heavy atom. The predicted octanol–water partition coefficient (Wildman–Crippen LogP) is 3.39. The number of fused-ring (bicyclic) bond motifs is 1. The molecular weight excluding hydrogens is 324 g/mol. The molecule has 124 valence electrons. The van der Waals surface area contributed by atoms with Gasteiger partial charge in [0.05, 0.1) is 17.6 Å². The van der Waals surface area contributed by atoms with Crippen LogP contribution in [-0.2, 0) is 17.9 Å². The summed E-state index contributed by atoms with van der Waals surface area (Å²) < 4.78 is 1.96. The van der Waals surface area contributed by atoms with Gasteiger partial charge in [0.25, 0.3) is 0 Å². The van der Waals surface area contributed by atoms with Gasteiger partial charge >= 0.3 is 0 Å². The van der Waals surface area contributed by atoms with Gasteiger partial charge in [-0.2, -0.15) is 0 Å². The minimum atomic E-state index is -0.0968. The zero-order chi connectivity index (χ0) is 17.1.